The average molecular weight is 236 g/mol. The maximum Gasteiger partial charge on any atom is 0.228 e. The van der Waals surface area contributed by atoms with Gasteiger partial charge in [-0.25, -0.2) is 0 Å². The van der Waals surface area contributed by atoms with Crippen molar-refractivity contribution in [3.8, 4) is 0 Å². The van der Waals surface area contributed by atoms with E-state index in [0.717, 1.165) is 16.8 Å². The molecule has 3 nitrogen and oxygen atoms in total. The predicted molar refractivity (Wildman–Crippen MR) is 70.1 cm³/mol. The largest absolute Gasteiger partial charge is 0.397 e. The van der Waals surface area contributed by atoms with Gasteiger partial charge in [0, 0.05) is 18.2 Å². The standard InChI is InChI=1S/C12H16N2OS/c1-7-3-10(13)11(4-8(7)2)14-6-9(16)5-12(14)15/h3-4,9,16H,5-6,13H2,1-2H3. The molecule has 4 heteroatoms. The number of rotatable bonds is 1. The molecule has 16 heavy (non-hydrogen) atoms. The summed E-state index contributed by atoms with van der Waals surface area (Å²) in [5.41, 5.74) is 9.75. The molecular formula is C12H16N2OS. The number of aryl methyl sites for hydroxylation is 2. The lowest BCUT2D eigenvalue weighted by Gasteiger charge is -2.19. The number of amides is 1. The number of benzene rings is 1. The molecule has 1 atom stereocenters. The first-order valence-corrected chi connectivity index (χ1v) is 5.86. The first-order valence-electron chi connectivity index (χ1n) is 5.34. The number of hydrogen-bond acceptors (Lipinski definition) is 3. The van der Waals surface area contributed by atoms with Crippen LogP contribution in [0.4, 0.5) is 11.4 Å². The average Bonchev–Trinajstić information content (AvgIpc) is 2.51. The van der Waals surface area contributed by atoms with Crippen molar-refractivity contribution in [2.45, 2.75) is 25.5 Å². The number of carbonyl (C=O) groups is 1. The summed E-state index contributed by atoms with van der Waals surface area (Å²) in [6, 6.07) is 3.90. The molecule has 86 valence electrons. The van der Waals surface area contributed by atoms with E-state index in [1.807, 2.05) is 26.0 Å². The second kappa shape index (κ2) is 4.01. The van der Waals surface area contributed by atoms with Crippen LogP contribution in [-0.4, -0.2) is 17.7 Å². The maximum absolute atomic E-state index is 11.8. The highest BCUT2D eigenvalue weighted by atomic mass is 32.1. The lowest BCUT2D eigenvalue weighted by molar-refractivity contribution is -0.117. The minimum Gasteiger partial charge on any atom is -0.397 e. The molecule has 1 amide bonds. The molecule has 1 aliphatic heterocycles. The number of carbonyl (C=O) groups excluding carboxylic acids is 1. The van der Waals surface area contributed by atoms with Gasteiger partial charge >= 0.3 is 0 Å². The quantitative estimate of drug-likeness (QED) is 0.578. The SMILES string of the molecule is Cc1cc(N)c(N2CC(S)CC2=O)cc1C. The molecule has 0 radical (unpaired) electrons. The Hall–Kier alpha value is -1.16. The Morgan fingerprint density at radius 3 is 2.56 bits per heavy atom. The van der Waals surface area contributed by atoms with Crippen LogP contribution in [-0.2, 0) is 4.79 Å². The lowest BCUT2D eigenvalue weighted by atomic mass is 10.1. The van der Waals surface area contributed by atoms with Crippen LogP contribution in [0.3, 0.4) is 0 Å². The molecule has 1 aliphatic rings. The summed E-state index contributed by atoms with van der Waals surface area (Å²) in [4.78, 5) is 13.5. The Morgan fingerprint density at radius 2 is 2.00 bits per heavy atom. The monoisotopic (exact) mass is 236 g/mol. The summed E-state index contributed by atoms with van der Waals surface area (Å²) in [7, 11) is 0. The molecule has 0 spiro atoms. The van der Waals surface area contributed by atoms with Gasteiger partial charge in [0.15, 0.2) is 0 Å². The summed E-state index contributed by atoms with van der Waals surface area (Å²) < 4.78 is 0. The third kappa shape index (κ3) is 1.89. The first kappa shape index (κ1) is 11.3. The summed E-state index contributed by atoms with van der Waals surface area (Å²) >= 11 is 4.34. The van der Waals surface area contributed by atoms with Crippen LogP contribution < -0.4 is 10.6 Å². The van der Waals surface area contributed by atoms with E-state index in [1.54, 1.807) is 4.90 Å². The van der Waals surface area contributed by atoms with Crippen LogP contribution in [0, 0.1) is 13.8 Å². The van der Waals surface area contributed by atoms with Crippen molar-refractivity contribution in [1.29, 1.82) is 0 Å². The fourth-order valence-electron chi connectivity index (χ4n) is 1.98. The Morgan fingerprint density at radius 1 is 1.38 bits per heavy atom. The molecule has 1 saturated heterocycles. The van der Waals surface area contributed by atoms with E-state index in [-0.39, 0.29) is 11.2 Å². The molecule has 0 aliphatic carbocycles. The van der Waals surface area contributed by atoms with Gasteiger partial charge in [0.25, 0.3) is 0 Å². The van der Waals surface area contributed by atoms with Gasteiger partial charge in [0.05, 0.1) is 11.4 Å². The maximum atomic E-state index is 11.8. The summed E-state index contributed by atoms with van der Waals surface area (Å²) in [5, 5.41) is 0.119. The van der Waals surface area contributed by atoms with Crippen molar-refractivity contribution in [3.63, 3.8) is 0 Å². The number of anilines is 2. The van der Waals surface area contributed by atoms with Gasteiger partial charge in [-0.3, -0.25) is 4.79 Å². The fraction of sp³-hybridized carbons (Fsp3) is 0.417. The van der Waals surface area contributed by atoms with Gasteiger partial charge in [0.1, 0.15) is 0 Å². The number of nitrogen functional groups attached to an aromatic ring is 1. The Labute approximate surface area is 101 Å². The van der Waals surface area contributed by atoms with Gasteiger partial charge in [-0.15, -0.1) is 0 Å². The third-order valence-corrected chi connectivity index (χ3v) is 3.38. The molecule has 1 heterocycles. The molecule has 1 aromatic carbocycles. The molecule has 1 unspecified atom stereocenters. The van der Waals surface area contributed by atoms with Crippen molar-refractivity contribution in [2.24, 2.45) is 0 Å². The van der Waals surface area contributed by atoms with E-state index < -0.39 is 0 Å². The van der Waals surface area contributed by atoms with Crippen molar-refractivity contribution < 1.29 is 4.79 Å². The zero-order valence-electron chi connectivity index (χ0n) is 9.53. The zero-order valence-corrected chi connectivity index (χ0v) is 10.4. The Balaban J connectivity index is 2.41. The van der Waals surface area contributed by atoms with Crippen LogP contribution in [0.2, 0.25) is 0 Å². The zero-order chi connectivity index (χ0) is 11.9. The highest BCUT2D eigenvalue weighted by Gasteiger charge is 2.29. The predicted octanol–water partition coefficient (Wildman–Crippen LogP) is 1.92. The molecule has 0 bridgehead atoms. The molecule has 1 fully saturated rings. The molecule has 2 rings (SSSR count). The number of nitrogens with two attached hydrogens (primary N) is 1. The molecule has 0 aromatic heterocycles. The lowest BCUT2D eigenvalue weighted by Crippen LogP contribution is -2.25. The van der Waals surface area contributed by atoms with E-state index in [4.69, 9.17) is 5.73 Å². The van der Waals surface area contributed by atoms with Crippen molar-refractivity contribution >= 4 is 29.9 Å². The topological polar surface area (TPSA) is 46.3 Å². The Bertz CT molecular complexity index is 445. The third-order valence-electron chi connectivity index (χ3n) is 3.04. The minimum absolute atomic E-state index is 0.106. The van der Waals surface area contributed by atoms with E-state index in [9.17, 15) is 4.79 Å². The second-order valence-corrected chi connectivity index (χ2v) is 5.09. The fourth-order valence-corrected chi connectivity index (χ4v) is 2.30. The van der Waals surface area contributed by atoms with Gasteiger partial charge < -0.3 is 10.6 Å². The summed E-state index contributed by atoms with van der Waals surface area (Å²) in [6.45, 7) is 4.69. The highest BCUT2D eigenvalue weighted by molar-refractivity contribution is 7.81. The molecule has 1 aromatic rings. The highest BCUT2D eigenvalue weighted by Crippen LogP contribution is 2.31. The number of hydrogen-bond donors (Lipinski definition) is 2. The van der Waals surface area contributed by atoms with Crippen molar-refractivity contribution in [3.05, 3.63) is 23.3 Å². The smallest absolute Gasteiger partial charge is 0.228 e. The van der Waals surface area contributed by atoms with Gasteiger partial charge in [0.2, 0.25) is 5.91 Å². The molecule has 0 saturated carbocycles. The van der Waals surface area contributed by atoms with Crippen LogP contribution in [0.15, 0.2) is 12.1 Å². The van der Waals surface area contributed by atoms with Crippen LogP contribution >= 0.6 is 12.6 Å². The number of thiol groups is 1. The first-order chi connectivity index (χ1) is 7.49. The van der Waals surface area contributed by atoms with E-state index in [2.05, 4.69) is 12.6 Å². The van der Waals surface area contributed by atoms with Gasteiger partial charge in [-0.05, 0) is 37.1 Å². The number of nitrogens with zero attached hydrogens (tertiary/aromatic N) is 1. The molecular weight excluding hydrogens is 220 g/mol. The second-order valence-electron chi connectivity index (χ2n) is 4.36. The normalized spacial score (nSPS) is 20.6. The molecule has 2 N–H and O–H groups in total. The Kier molecular flexibility index (Phi) is 2.84. The van der Waals surface area contributed by atoms with E-state index in [1.165, 1.54) is 0 Å². The van der Waals surface area contributed by atoms with Crippen molar-refractivity contribution in [2.75, 3.05) is 17.2 Å². The van der Waals surface area contributed by atoms with E-state index in [0.29, 0.717) is 18.7 Å². The van der Waals surface area contributed by atoms with Gasteiger partial charge in [-0.2, -0.15) is 12.6 Å². The van der Waals surface area contributed by atoms with Gasteiger partial charge in [-0.1, -0.05) is 0 Å². The van der Waals surface area contributed by atoms with E-state index >= 15 is 0 Å². The van der Waals surface area contributed by atoms with Crippen LogP contribution in [0.25, 0.3) is 0 Å². The van der Waals surface area contributed by atoms with Crippen LogP contribution in [0.1, 0.15) is 17.5 Å². The minimum atomic E-state index is 0.106. The van der Waals surface area contributed by atoms with Crippen LogP contribution in [0.5, 0.6) is 0 Å². The summed E-state index contributed by atoms with van der Waals surface area (Å²) in [5.74, 6) is 0.106. The van der Waals surface area contributed by atoms with Crippen molar-refractivity contribution in [1.82, 2.24) is 0 Å². The summed E-state index contributed by atoms with van der Waals surface area (Å²) in [6.07, 6.45) is 0.496.